The topological polar surface area (TPSA) is 247 Å². The maximum Gasteiger partial charge on any atom is 0.472 e. The Bertz CT molecular complexity index is 967. The Morgan fingerprint density at radius 2 is 1.11 bits per heavy atom. The molecule has 1 aliphatic carbocycles. The van der Waals surface area contributed by atoms with E-state index in [-0.39, 0.29) is 23.7 Å². The molecule has 18 heteroatoms. The molecular weight excluding hydrogens is 682 g/mol. The van der Waals surface area contributed by atoms with Gasteiger partial charge in [0.1, 0.15) is 42.7 Å². The Kier molecular flexibility index (Phi) is 22.6. The molecule has 4 unspecified atom stereocenters. The van der Waals surface area contributed by atoms with Gasteiger partial charge in [-0.2, -0.15) is 0 Å². The highest BCUT2D eigenvalue weighted by Crippen LogP contribution is 2.48. The molecule has 278 valence electrons. The fraction of sp³-hybridized carbons (Fsp3) is 0.931. The third-order valence-electron chi connectivity index (χ3n) is 7.65. The van der Waals surface area contributed by atoms with Gasteiger partial charge in [-0.1, -0.05) is 103 Å². The lowest BCUT2D eigenvalue weighted by Crippen LogP contribution is -2.64. The third-order valence-corrected chi connectivity index (χ3v) is 10.2. The molecule has 1 saturated carbocycles. The molecule has 0 amide bonds. The van der Waals surface area contributed by atoms with Gasteiger partial charge in [0.05, 0.1) is 6.61 Å². The molecule has 0 aliphatic heterocycles. The maximum absolute atomic E-state index is 12.7. The van der Waals surface area contributed by atoms with Crippen molar-refractivity contribution < 1.29 is 72.1 Å². The van der Waals surface area contributed by atoms with E-state index in [9.17, 15) is 44.0 Å². The van der Waals surface area contributed by atoms with Gasteiger partial charge in [0.25, 0.3) is 0 Å². The number of hydrogen-bond acceptors (Lipinski definition) is 13. The molecule has 0 heterocycles. The number of carbonyl (C=O) groups excluding carboxylic acids is 2. The fourth-order valence-corrected chi connectivity index (χ4v) is 7.48. The van der Waals surface area contributed by atoms with Crippen molar-refractivity contribution in [1.82, 2.24) is 0 Å². The zero-order valence-corrected chi connectivity index (χ0v) is 30.1. The van der Waals surface area contributed by atoms with Gasteiger partial charge >= 0.3 is 21.6 Å². The first-order valence-corrected chi connectivity index (χ1v) is 20.6. The van der Waals surface area contributed by atoms with E-state index in [2.05, 4.69) is 11.4 Å². The summed E-state index contributed by atoms with van der Waals surface area (Å²) in [6, 6.07) is 0. The number of esters is 1. The van der Waals surface area contributed by atoms with Gasteiger partial charge < -0.3 is 39.8 Å². The van der Waals surface area contributed by atoms with Crippen molar-refractivity contribution in [2.45, 2.75) is 159 Å². The lowest BCUT2D eigenvalue weighted by atomic mass is 9.85. The van der Waals surface area contributed by atoms with Crippen LogP contribution in [0.1, 0.15) is 117 Å². The van der Waals surface area contributed by atoms with Crippen molar-refractivity contribution in [3.8, 4) is 0 Å². The molecule has 7 N–H and O–H groups in total. The summed E-state index contributed by atoms with van der Waals surface area (Å²) in [6.07, 6.45) is 1.37. The number of phosphoric ester groups is 2. The summed E-state index contributed by atoms with van der Waals surface area (Å²) in [5.74, 6) is -0.671. The summed E-state index contributed by atoms with van der Waals surface area (Å²) in [5.41, 5.74) is 0. The Morgan fingerprint density at radius 3 is 1.55 bits per heavy atom. The summed E-state index contributed by atoms with van der Waals surface area (Å²) >= 11 is 0.859. The Labute approximate surface area is 282 Å². The van der Waals surface area contributed by atoms with Crippen LogP contribution in [0.3, 0.4) is 0 Å². The van der Waals surface area contributed by atoms with E-state index in [4.69, 9.17) is 23.6 Å². The monoisotopic (exact) mass is 738 g/mol. The number of carbonyl (C=O) groups is 2. The normalized spacial score (nSPS) is 25.3. The van der Waals surface area contributed by atoms with Crippen LogP contribution in [0.5, 0.6) is 0 Å². The molecular formula is C29H56O15P2S. The lowest BCUT2D eigenvalue weighted by molar-refractivity contribution is -0.216. The zero-order chi connectivity index (χ0) is 35.5. The largest absolute Gasteiger partial charge is 0.472 e. The van der Waals surface area contributed by atoms with Crippen LogP contribution < -0.4 is 0 Å². The van der Waals surface area contributed by atoms with Crippen molar-refractivity contribution in [3.63, 3.8) is 0 Å². The number of hydrogen-bond donors (Lipinski definition) is 7. The number of ether oxygens (including phenoxy) is 1. The molecule has 0 aromatic carbocycles. The molecule has 15 nitrogen and oxygen atoms in total. The van der Waals surface area contributed by atoms with Gasteiger partial charge in [-0.25, -0.2) is 9.13 Å². The van der Waals surface area contributed by atoms with Crippen LogP contribution in [-0.2, 0) is 37.0 Å². The molecule has 0 aromatic rings. The van der Waals surface area contributed by atoms with Crippen molar-refractivity contribution in [2.75, 3.05) is 12.4 Å². The summed E-state index contributed by atoms with van der Waals surface area (Å²) < 4.78 is 43.2. The predicted octanol–water partition coefficient (Wildman–Crippen LogP) is 3.88. The quantitative estimate of drug-likeness (QED) is 0.0378. The number of aliphatic hydroxyl groups is 4. The first-order chi connectivity index (χ1) is 22.1. The average molecular weight is 739 g/mol. The Balaban J connectivity index is 2.57. The number of phosphoric acid groups is 2. The number of aliphatic hydroxyl groups excluding tert-OH is 4. The van der Waals surface area contributed by atoms with Crippen LogP contribution >= 0.6 is 27.4 Å². The summed E-state index contributed by atoms with van der Waals surface area (Å²) in [4.78, 5) is 52.8. The van der Waals surface area contributed by atoms with Crippen LogP contribution in [-0.4, -0.2) is 101 Å². The van der Waals surface area contributed by atoms with E-state index in [1.165, 1.54) is 51.4 Å². The number of thioether (sulfide) groups is 1. The van der Waals surface area contributed by atoms with Gasteiger partial charge in [-0.15, -0.1) is 0 Å². The van der Waals surface area contributed by atoms with Gasteiger partial charge in [-0.3, -0.25) is 23.2 Å². The highest BCUT2D eigenvalue weighted by Gasteiger charge is 2.54. The third kappa shape index (κ3) is 19.5. The molecule has 1 fully saturated rings. The highest BCUT2D eigenvalue weighted by molar-refractivity contribution is 8.13. The van der Waals surface area contributed by atoms with Crippen LogP contribution in [0.2, 0.25) is 0 Å². The SMILES string of the molecule is CCCCCCCCCCCCCCCC(=O)O[C@@H](COP(=O)(O)OC1C(O)[C@@H](O)C(OP(=O)(O)O)[C@@H](O)[C@H]1O)CSC(=O)CCC. The number of unbranched alkanes of at least 4 members (excludes halogenated alkanes) is 12. The summed E-state index contributed by atoms with van der Waals surface area (Å²) in [6.45, 7) is 3.32. The number of rotatable bonds is 26. The minimum atomic E-state index is -5.28. The van der Waals surface area contributed by atoms with Gasteiger partial charge in [0.15, 0.2) is 5.12 Å². The first-order valence-electron chi connectivity index (χ1n) is 16.6. The predicted molar refractivity (Wildman–Crippen MR) is 174 cm³/mol. The van der Waals surface area contributed by atoms with Crippen LogP contribution in [0.25, 0.3) is 0 Å². The van der Waals surface area contributed by atoms with Gasteiger partial charge in [-0.05, 0) is 12.8 Å². The smallest absolute Gasteiger partial charge is 0.459 e. The van der Waals surface area contributed by atoms with E-state index < -0.39 is 70.9 Å². The van der Waals surface area contributed by atoms with Crippen molar-refractivity contribution >= 4 is 38.5 Å². The second-order valence-corrected chi connectivity index (χ2v) is 15.6. The summed E-state index contributed by atoms with van der Waals surface area (Å²) in [5, 5.41) is 40.7. The van der Waals surface area contributed by atoms with Crippen LogP contribution in [0.15, 0.2) is 0 Å². The maximum atomic E-state index is 12.7. The minimum Gasteiger partial charge on any atom is -0.459 e. The molecule has 1 rings (SSSR count). The van der Waals surface area contributed by atoms with E-state index in [0.717, 1.165) is 37.4 Å². The second kappa shape index (κ2) is 23.9. The van der Waals surface area contributed by atoms with Crippen LogP contribution in [0, 0.1) is 0 Å². The Morgan fingerprint density at radius 1 is 0.660 bits per heavy atom. The van der Waals surface area contributed by atoms with E-state index in [1.54, 1.807) is 0 Å². The van der Waals surface area contributed by atoms with E-state index >= 15 is 0 Å². The van der Waals surface area contributed by atoms with Crippen molar-refractivity contribution in [2.24, 2.45) is 0 Å². The first kappa shape index (κ1) is 44.6. The van der Waals surface area contributed by atoms with Crippen molar-refractivity contribution in [1.29, 1.82) is 0 Å². The molecule has 0 spiro atoms. The molecule has 0 bridgehead atoms. The minimum absolute atomic E-state index is 0.0866. The Hall–Kier alpha value is -0.450. The standard InChI is InChI=1S/C29H56O15P2S/c1-3-5-6-7-8-9-10-11-12-13-14-15-16-18-22(30)42-21(20-47-23(31)17-4-2)19-41-46(39,40)44-29-26(34)24(32)28(25(33)27(29)35)43-45(36,37)38/h21,24-29,32-35H,3-20H2,1-2H3,(H,39,40)(H2,36,37,38)/t21-,24-,25+,26+,27?,28?,29?/m0/s1. The molecule has 8 atom stereocenters. The van der Waals surface area contributed by atoms with Crippen molar-refractivity contribution in [3.05, 3.63) is 0 Å². The molecule has 1 aliphatic rings. The van der Waals surface area contributed by atoms with Crippen LogP contribution in [0.4, 0.5) is 0 Å². The fourth-order valence-electron chi connectivity index (χ4n) is 5.06. The molecule has 0 saturated heterocycles. The van der Waals surface area contributed by atoms with E-state index in [1.807, 2.05) is 6.92 Å². The second-order valence-electron chi connectivity index (χ2n) is 11.9. The molecule has 0 radical (unpaired) electrons. The van der Waals surface area contributed by atoms with Gasteiger partial charge in [0, 0.05) is 18.6 Å². The molecule has 0 aromatic heterocycles. The summed E-state index contributed by atoms with van der Waals surface area (Å²) in [7, 11) is -10.5. The molecule has 47 heavy (non-hydrogen) atoms. The highest BCUT2D eigenvalue weighted by atomic mass is 32.2. The zero-order valence-electron chi connectivity index (χ0n) is 27.5. The van der Waals surface area contributed by atoms with Gasteiger partial charge in [0.2, 0.25) is 0 Å². The van der Waals surface area contributed by atoms with E-state index in [0.29, 0.717) is 12.8 Å². The lowest BCUT2D eigenvalue weighted by Gasteiger charge is -2.43. The average Bonchev–Trinajstić information content (AvgIpc) is 3.00.